The maximum Gasteiger partial charge on any atom is 0.253 e. The second kappa shape index (κ2) is 7.19. The fourth-order valence-corrected chi connectivity index (χ4v) is 2.52. The number of morpholine rings is 1. The molecule has 0 spiro atoms. The van der Waals surface area contributed by atoms with Crippen molar-refractivity contribution in [2.75, 3.05) is 31.2 Å². The van der Waals surface area contributed by atoms with Gasteiger partial charge < -0.3 is 15.0 Å². The summed E-state index contributed by atoms with van der Waals surface area (Å²) in [5, 5.41) is 2.91. The summed E-state index contributed by atoms with van der Waals surface area (Å²) in [5.41, 5.74) is 3.23. The molecule has 1 aromatic carbocycles. The SMILES string of the molecule is Cc1cnc(CNC(=O)c2ccccc2N2CCOCC2)cn1. The van der Waals surface area contributed by atoms with E-state index in [4.69, 9.17) is 4.74 Å². The molecule has 2 heterocycles. The lowest BCUT2D eigenvalue weighted by Crippen LogP contribution is -2.37. The highest BCUT2D eigenvalue weighted by atomic mass is 16.5. The number of ether oxygens (including phenoxy) is 1. The summed E-state index contributed by atoms with van der Waals surface area (Å²) in [7, 11) is 0. The molecule has 23 heavy (non-hydrogen) atoms. The first kappa shape index (κ1) is 15.4. The van der Waals surface area contributed by atoms with Gasteiger partial charge in [0.2, 0.25) is 0 Å². The smallest absolute Gasteiger partial charge is 0.253 e. The Balaban J connectivity index is 1.70. The molecule has 1 aliphatic heterocycles. The van der Waals surface area contributed by atoms with Crippen molar-refractivity contribution in [3.8, 4) is 0 Å². The number of amides is 1. The van der Waals surface area contributed by atoms with E-state index >= 15 is 0 Å². The molecule has 6 heteroatoms. The minimum atomic E-state index is -0.102. The van der Waals surface area contributed by atoms with Gasteiger partial charge in [0.05, 0.1) is 42.9 Å². The molecule has 2 aromatic rings. The molecule has 0 radical (unpaired) electrons. The molecular formula is C17H20N4O2. The molecule has 1 saturated heterocycles. The van der Waals surface area contributed by atoms with Crippen molar-refractivity contribution < 1.29 is 9.53 Å². The van der Waals surface area contributed by atoms with Gasteiger partial charge in [-0.25, -0.2) is 0 Å². The van der Waals surface area contributed by atoms with Crippen molar-refractivity contribution in [1.82, 2.24) is 15.3 Å². The number of nitrogens with one attached hydrogen (secondary N) is 1. The maximum absolute atomic E-state index is 12.5. The van der Waals surface area contributed by atoms with Gasteiger partial charge in [-0.2, -0.15) is 0 Å². The quantitative estimate of drug-likeness (QED) is 0.928. The van der Waals surface area contributed by atoms with E-state index in [1.165, 1.54) is 0 Å². The van der Waals surface area contributed by atoms with Gasteiger partial charge in [0, 0.05) is 25.0 Å². The number of aromatic nitrogens is 2. The molecule has 0 saturated carbocycles. The van der Waals surface area contributed by atoms with Gasteiger partial charge in [-0.05, 0) is 19.1 Å². The average Bonchev–Trinajstić information content (AvgIpc) is 2.62. The second-order valence-electron chi connectivity index (χ2n) is 5.45. The zero-order valence-electron chi connectivity index (χ0n) is 13.2. The van der Waals surface area contributed by atoms with Crippen molar-refractivity contribution in [2.45, 2.75) is 13.5 Å². The van der Waals surface area contributed by atoms with Crippen LogP contribution in [0.2, 0.25) is 0 Å². The standard InChI is InChI=1S/C17H20N4O2/c1-13-10-19-14(11-18-13)12-20-17(22)15-4-2-3-5-16(15)21-6-8-23-9-7-21/h2-5,10-11H,6-9,12H2,1H3,(H,20,22). The number of anilines is 1. The number of benzene rings is 1. The Morgan fingerprint density at radius 2 is 2.00 bits per heavy atom. The zero-order chi connectivity index (χ0) is 16.1. The lowest BCUT2D eigenvalue weighted by molar-refractivity contribution is 0.0949. The number of rotatable bonds is 4. The Kier molecular flexibility index (Phi) is 4.83. The Labute approximate surface area is 135 Å². The molecule has 1 N–H and O–H groups in total. The van der Waals surface area contributed by atoms with Crippen LogP contribution in [-0.2, 0) is 11.3 Å². The highest BCUT2D eigenvalue weighted by Crippen LogP contribution is 2.21. The largest absolute Gasteiger partial charge is 0.378 e. The molecule has 3 rings (SSSR count). The molecule has 0 unspecified atom stereocenters. The average molecular weight is 312 g/mol. The fourth-order valence-electron chi connectivity index (χ4n) is 2.52. The number of aryl methyl sites for hydroxylation is 1. The topological polar surface area (TPSA) is 67.4 Å². The Bertz CT molecular complexity index is 667. The van der Waals surface area contributed by atoms with E-state index in [2.05, 4.69) is 20.2 Å². The lowest BCUT2D eigenvalue weighted by Gasteiger charge is -2.30. The van der Waals surface area contributed by atoms with E-state index in [-0.39, 0.29) is 5.91 Å². The van der Waals surface area contributed by atoms with E-state index < -0.39 is 0 Å². The van der Waals surface area contributed by atoms with Crippen LogP contribution in [0.25, 0.3) is 0 Å². The lowest BCUT2D eigenvalue weighted by atomic mass is 10.1. The summed E-state index contributed by atoms with van der Waals surface area (Å²) in [4.78, 5) is 23.2. The molecule has 0 atom stereocenters. The maximum atomic E-state index is 12.5. The zero-order valence-corrected chi connectivity index (χ0v) is 13.2. The van der Waals surface area contributed by atoms with Gasteiger partial charge in [-0.3, -0.25) is 14.8 Å². The molecule has 6 nitrogen and oxygen atoms in total. The number of hydrogen-bond donors (Lipinski definition) is 1. The van der Waals surface area contributed by atoms with Crippen LogP contribution in [-0.4, -0.2) is 42.2 Å². The number of carbonyl (C=O) groups is 1. The number of hydrogen-bond acceptors (Lipinski definition) is 5. The third-order valence-corrected chi connectivity index (χ3v) is 3.76. The second-order valence-corrected chi connectivity index (χ2v) is 5.45. The first-order valence-corrected chi connectivity index (χ1v) is 7.71. The summed E-state index contributed by atoms with van der Waals surface area (Å²) < 4.78 is 5.38. The van der Waals surface area contributed by atoms with Crippen LogP contribution in [0.5, 0.6) is 0 Å². The number of para-hydroxylation sites is 1. The van der Waals surface area contributed by atoms with Gasteiger partial charge in [0.1, 0.15) is 0 Å². The number of nitrogens with zero attached hydrogens (tertiary/aromatic N) is 3. The Morgan fingerprint density at radius 1 is 1.22 bits per heavy atom. The third-order valence-electron chi connectivity index (χ3n) is 3.76. The summed E-state index contributed by atoms with van der Waals surface area (Å²) >= 11 is 0. The molecule has 1 fully saturated rings. The molecule has 0 aliphatic carbocycles. The summed E-state index contributed by atoms with van der Waals surface area (Å²) in [6.07, 6.45) is 3.38. The van der Waals surface area contributed by atoms with Crippen molar-refractivity contribution >= 4 is 11.6 Å². The van der Waals surface area contributed by atoms with E-state index in [0.717, 1.165) is 30.2 Å². The van der Waals surface area contributed by atoms with E-state index in [1.807, 2.05) is 31.2 Å². The molecular weight excluding hydrogens is 292 g/mol. The fraction of sp³-hybridized carbons (Fsp3) is 0.353. The van der Waals surface area contributed by atoms with Crippen molar-refractivity contribution in [3.63, 3.8) is 0 Å². The highest BCUT2D eigenvalue weighted by molar-refractivity contribution is 5.99. The van der Waals surface area contributed by atoms with E-state index in [9.17, 15) is 4.79 Å². The van der Waals surface area contributed by atoms with Crippen molar-refractivity contribution in [3.05, 3.63) is 53.6 Å². The molecule has 120 valence electrons. The molecule has 1 amide bonds. The summed E-state index contributed by atoms with van der Waals surface area (Å²) in [6.45, 7) is 5.22. The van der Waals surface area contributed by atoms with Crippen LogP contribution in [0, 0.1) is 6.92 Å². The van der Waals surface area contributed by atoms with Crippen LogP contribution < -0.4 is 10.2 Å². The van der Waals surface area contributed by atoms with E-state index in [1.54, 1.807) is 12.4 Å². The van der Waals surface area contributed by atoms with Crippen LogP contribution >= 0.6 is 0 Å². The van der Waals surface area contributed by atoms with Crippen LogP contribution in [0.3, 0.4) is 0 Å². The van der Waals surface area contributed by atoms with Crippen molar-refractivity contribution in [2.24, 2.45) is 0 Å². The summed E-state index contributed by atoms with van der Waals surface area (Å²) in [6, 6.07) is 7.66. The summed E-state index contributed by atoms with van der Waals surface area (Å²) in [5.74, 6) is -0.102. The van der Waals surface area contributed by atoms with E-state index in [0.29, 0.717) is 25.3 Å². The molecule has 1 aliphatic rings. The molecule has 1 aromatic heterocycles. The number of carbonyl (C=O) groups excluding carboxylic acids is 1. The van der Waals surface area contributed by atoms with Crippen LogP contribution in [0.15, 0.2) is 36.7 Å². The van der Waals surface area contributed by atoms with Crippen LogP contribution in [0.4, 0.5) is 5.69 Å². The molecule has 0 bridgehead atoms. The van der Waals surface area contributed by atoms with Gasteiger partial charge in [-0.1, -0.05) is 12.1 Å². The van der Waals surface area contributed by atoms with Gasteiger partial charge >= 0.3 is 0 Å². The first-order valence-electron chi connectivity index (χ1n) is 7.71. The monoisotopic (exact) mass is 312 g/mol. The van der Waals surface area contributed by atoms with Gasteiger partial charge in [0.25, 0.3) is 5.91 Å². The Morgan fingerprint density at radius 3 is 2.74 bits per heavy atom. The highest BCUT2D eigenvalue weighted by Gasteiger charge is 2.18. The normalized spacial score (nSPS) is 14.6. The third kappa shape index (κ3) is 3.84. The van der Waals surface area contributed by atoms with Gasteiger partial charge in [-0.15, -0.1) is 0 Å². The van der Waals surface area contributed by atoms with Crippen molar-refractivity contribution in [1.29, 1.82) is 0 Å². The van der Waals surface area contributed by atoms with Gasteiger partial charge in [0.15, 0.2) is 0 Å². The minimum absolute atomic E-state index is 0.102. The van der Waals surface area contributed by atoms with Crippen LogP contribution in [0.1, 0.15) is 21.7 Å². The first-order chi connectivity index (χ1) is 11.2. The Hall–Kier alpha value is -2.47. The predicted octanol–water partition coefficient (Wildman–Crippen LogP) is 1.55. The predicted molar refractivity (Wildman–Crippen MR) is 87.4 cm³/mol. The minimum Gasteiger partial charge on any atom is -0.378 e.